The topological polar surface area (TPSA) is 103 Å². The molecular weight excluding hydrogens is 418 g/mol. The predicted molar refractivity (Wildman–Crippen MR) is 119 cm³/mol. The molecule has 0 saturated carbocycles. The van der Waals surface area contributed by atoms with Crippen molar-refractivity contribution in [1.29, 1.82) is 0 Å². The van der Waals surface area contributed by atoms with Crippen LogP contribution in [0.4, 0.5) is 16.2 Å². The van der Waals surface area contributed by atoms with Gasteiger partial charge in [-0.05, 0) is 30.7 Å². The van der Waals surface area contributed by atoms with Crippen LogP contribution in [-0.4, -0.2) is 69.9 Å². The van der Waals surface area contributed by atoms with Crippen molar-refractivity contribution in [2.45, 2.75) is 11.3 Å². The van der Waals surface area contributed by atoms with Gasteiger partial charge in [-0.15, -0.1) is 4.40 Å². The van der Waals surface area contributed by atoms with Crippen LogP contribution in [0.25, 0.3) is 0 Å². The van der Waals surface area contributed by atoms with E-state index >= 15 is 0 Å². The van der Waals surface area contributed by atoms with Crippen molar-refractivity contribution in [2.75, 3.05) is 50.5 Å². The number of ether oxygens (including phenoxy) is 1. The molecule has 31 heavy (non-hydrogen) atoms. The lowest BCUT2D eigenvalue weighted by atomic mass is 10.3. The molecule has 2 aliphatic heterocycles. The van der Waals surface area contributed by atoms with Gasteiger partial charge in [0, 0.05) is 37.9 Å². The molecule has 1 saturated heterocycles. The number of carbonyl (C=O) groups is 1. The normalized spacial score (nSPS) is 18.2. The number of anilines is 2. The van der Waals surface area contributed by atoms with Gasteiger partial charge >= 0.3 is 6.03 Å². The maximum Gasteiger partial charge on any atom is 0.321 e. The van der Waals surface area contributed by atoms with Crippen molar-refractivity contribution in [3.8, 4) is 5.75 Å². The van der Waals surface area contributed by atoms with Gasteiger partial charge in [-0.3, -0.25) is 4.90 Å². The average molecular weight is 444 g/mol. The van der Waals surface area contributed by atoms with Gasteiger partial charge in [0.05, 0.1) is 19.3 Å². The third-order valence-corrected chi connectivity index (χ3v) is 6.62. The second kappa shape index (κ2) is 8.94. The molecule has 0 spiro atoms. The van der Waals surface area contributed by atoms with Crippen LogP contribution < -0.4 is 15.4 Å². The molecule has 164 valence electrons. The summed E-state index contributed by atoms with van der Waals surface area (Å²) < 4.78 is 34.0. The first-order valence-electron chi connectivity index (χ1n) is 10.1. The number of hydrogen-bond donors (Lipinski definition) is 2. The first-order valence-corrected chi connectivity index (χ1v) is 11.5. The highest BCUT2D eigenvalue weighted by molar-refractivity contribution is 7.90. The minimum atomic E-state index is -3.70. The molecule has 9 nitrogen and oxygen atoms in total. The average Bonchev–Trinajstić information content (AvgIpc) is 2.99. The summed E-state index contributed by atoms with van der Waals surface area (Å²) in [5, 5.41) is 6.03. The third kappa shape index (κ3) is 4.97. The monoisotopic (exact) mass is 443 g/mol. The highest BCUT2D eigenvalue weighted by atomic mass is 32.2. The van der Waals surface area contributed by atoms with E-state index in [4.69, 9.17) is 4.74 Å². The summed E-state index contributed by atoms with van der Waals surface area (Å²) in [7, 11) is -2.12. The van der Waals surface area contributed by atoms with Crippen molar-refractivity contribution >= 4 is 33.3 Å². The Hall–Kier alpha value is -3.11. The summed E-state index contributed by atoms with van der Waals surface area (Å²) in [4.78, 5) is 16.7. The third-order valence-electron chi connectivity index (χ3n) is 5.24. The summed E-state index contributed by atoms with van der Waals surface area (Å²) in [6.45, 7) is 2.89. The van der Waals surface area contributed by atoms with Gasteiger partial charge in [-0.1, -0.05) is 18.2 Å². The highest BCUT2D eigenvalue weighted by Gasteiger charge is 2.26. The fourth-order valence-electron chi connectivity index (χ4n) is 3.68. The summed E-state index contributed by atoms with van der Waals surface area (Å²) in [6, 6.07) is 13.8. The van der Waals surface area contributed by atoms with E-state index in [0.717, 1.165) is 13.0 Å². The fourth-order valence-corrected chi connectivity index (χ4v) is 4.82. The predicted octanol–water partition coefficient (Wildman–Crippen LogP) is 2.45. The Morgan fingerprint density at radius 2 is 1.97 bits per heavy atom. The smallest absolute Gasteiger partial charge is 0.321 e. The number of benzene rings is 2. The zero-order chi connectivity index (χ0) is 21.8. The lowest BCUT2D eigenvalue weighted by Gasteiger charge is -2.25. The quantitative estimate of drug-likeness (QED) is 0.752. The Morgan fingerprint density at radius 3 is 2.81 bits per heavy atom. The molecule has 2 heterocycles. The molecule has 2 N–H and O–H groups in total. The lowest BCUT2D eigenvalue weighted by molar-refractivity contribution is 0.213. The second-order valence-electron chi connectivity index (χ2n) is 7.41. The van der Waals surface area contributed by atoms with Gasteiger partial charge in [0.1, 0.15) is 16.5 Å². The van der Waals surface area contributed by atoms with Gasteiger partial charge in [0.15, 0.2) is 0 Å². The maximum absolute atomic E-state index is 12.7. The van der Waals surface area contributed by atoms with E-state index in [1.165, 1.54) is 0 Å². The van der Waals surface area contributed by atoms with Crippen LogP contribution in [0.2, 0.25) is 0 Å². The maximum atomic E-state index is 12.7. The van der Waals surface area contributed by atoms with Crippen LogP contribution in [0, 0.1) is 0 Å². The molecule has 4 rings (SSSR count). The van der Waals surface area contributed by atoms with E-state index in [2.05, 4.69) is 19.9 Å². The molecule has 0 aromatic heterocycles. The van der Waals surface area contributed by atoms with Crippen molar-refractivity contribution in [3.05, 3.63) is 48.5 Å². The van der Waals surface area contributed by atoms with E-state index in [0.29, 0.717) is 49.1 Å². The van der Waals surface area contributed by atoms with Crippen LogP contribution in [0.15, 0.2) is 57.8 Å². The van der Waals surface area contributed by atoms with Gasteiger partial charge in [0.25, 0.3) is 10.0 Å². The largest absolute Gasteiger partial charge is 0.497 e. The Bertz CT molecular complexity index is 1100. The standard InChI is InChI=1S/C21H25N5O4S/c1-30-17-7-4-6-16(14-17)22-21(27)26-11-5-10-25(12-13-26)15-20-23-18-8-2-3-9-19(18)31(28,29)24-20/h2-4,6-9,14H,5,10-13,15H2,1H3,(H,22,27)(H,23,24). The van der Waals surface area contributed by atoms with Crippen molar-refractivity contribution in [3.63, 3.8) is 0 Å². The van der Waals surface area contributed by atoms with Gasteiger partial charge < -0.3 is 20.3 Å². The number of hydrogen-bond acceptors (Lipinski definition) is 6. The molecule has 0 radical (unpaired) electrons. The van der Waals surface area contributed by atoms with Gasteiger partial charge in [0.2, 0.25) is 0 Å². The molecular formula is C21H25N5O4S. The number of urea groups is 1. The SMILES string of the molecule is COc1cccc(NC(=O)N2CCCN(CC3=NS(=O)(=O)c4ccccc4N3)CC2)c1. The lowest BCUT2D eigenvalue weighted by Crippen LogP contribution is -2.40. The van der Waals surface area contributed by atoms with E-state index in [9.17, 15) is 13.2 Å². The first-order chi connectivity index (χ1) is 14.9. The molecule has 0 atom stereocenters. The number of para-hydroxylation sites is 1. The summed E-state index contributed by atoms with van der Waals surface area (Å²) in [5.41, 5.74) is 1.22. The number of carbonyl (C=O) groups excluding carboxylic acids is 1. The summed E-state index contributed by atoms with van der Waals surface area (Å²) in [5.74, 6) is 1.07. The highest BCUT2D eigenvalue weighted by Crippen LogP contribution is 2.26. The van der Waals surface area contributed by atoms with E-state index in [-0.39, 0.29) is 10.9 Å². The minimum absolute atomic E-state index is 0.167. The Morgan fingerprint density at radius 1 is 1.13 bits per heavy atom. The Balaban J connectivity index is 1.36. The Kier molecular flexibility index (Phi) is 6.10. The molecule has 0 bridgehead atoms. The number of nitrogens with zero attached hydrogens (tertiary/aromatic N) is 3. The van der Waals surface area contributed by atoms with E-state index in [1.807, 2.05) is 18.2 Å². The van der Waals surface area contributed by atoms with Crippen LogP contribution in [0.3, 0.4) is 0 Å². The molecule has 0 unspecified atom stereocenters. The molecule has 2 amide bonds. The number of nitrogens with one attached hydrogen (secondary N) is 2. The van der Waals surface area contributed by atoms with Crippen LogP contribution in [-0.2, 0) is 10.0 Å². The number of methoxy groups -OCH3 is 1. The second-order valence-corrected chi connectivity index (χ2v) is 8.99. The van der Waals surface area contributed by atoms with Crippen LogP contribution in [0.5, 0.6) is 5.75 Å². The van der Waals surface area contributed by atoms with Crippen molar-refractivity contribution in [1.82, 2.24) is 9.80 Å². The van der Waals surface area contributed by atoms with Crippen molar-refractivity contribution in [2.24, 2.45) is 4.40 Å². The number of amides is 2. The minimum Gasteiger partial charge on any atom is -0.497 e. The van der Waals surface area contributed by atoms with Crippen LogP contribution >= 0.6 is 0 Å². The number of sulfonamides is 1. The fraction of sp³-hybridized carbons (Fsp3) is 0.333. The van der Waals surface area contributed by atoms with Crippen molar-refractivity contribution < 1.29 is 17.9 Å². The van der Waals surface area contributed by atoms with E-state index < -0.39 is 10.0 Å². The zero-order valence-corrected chi connectivity index (χ0v) is 18.1. The van der Waals surface area contributed by atoms with Gasteiger partial charge in [-0.25, -0.2) is 4.79 Å². The molecule has 1 fully saturated rings. The van der Waals surface area contributed by atoms with Crippen LogP contribution in [0.1, 0.15) is 6.42 Å². The molecule has 0 aliphatic carbocycles. The number of amidine groups is 1. The summed E-state index contributed by atoms with van der Waals surface area (Å²) >= 11 is 0. The molecule has 2 aliphatic rings. The number of fused-ring (bicyclic) bond motifs is 1. The first kappa shape index (κ1) is 21.1. The number of rotatable bonds is 4. The zero-order valence-electron chi connectivity index (χ0n) is 17.2. The molecule has 2 aromatic rings. The Labute approximate surface area is 181 Å². The molecule has 10 heteroatoms. The molecule has 2 aromatic carbocycles. The van der Waals surface area contributed by atoms with Gasteiger partial charge in [-0.2, -0.15) is 8.42 Å². The van der Waals surface area contributed by atoms with E-state index in [1.54, 1.807) is 42.3 Å². The summed E-state index contributed by atoms with van der Waals surface area (Å²) in [6.07, 6.45) is 0.780.